The zero-order valence-corrected chi connectivity index (χ0v) is 12.0. The molecule has 98 valence electrons. The minimum Gasteiger partial charge on any atom is -0.315 e. The van der Waals surface area contributed by atoms with Gasteiger partial charge in [0, 0.05) is 41.3 Å². The van der Waals surface area contributed by atoms with Crippen LogP contribution in [0.4, 0.5) is 4.39 Å². The standard InChI is InChI=1S/C15H14BrFN2/c16-12-4-5-14(19-8-12)7-15(9-18-10-15)11-2-1-3-13(17)6-11/h1-6,8,18H,7,9-10H2. The Labute approximate surface area is 120 Å². The van der Waals surface area contributed by atoms with E-state index in [9.17, 15) is 4.39 Å². The molecule has 2 nitrogen and oxygen atoms in total. The molecule has 19 heavy (non-hydrogen) atoms. The van der Waals surface area contributed by atoms with Gasteiger partial charge in [-0.2, -0.15) is 0 Å². The second-order valence-corrected chi connectivity index (χ2v) is 5.95. The number of pyridine rings is 1. The lowest BCUT2D eigenvalue weighted by molar-refractivity contribution is 0.271. The maximum Gasteiger partial charge on any atom is 0.123 e. The van der Waals surface area contributed by atoms with Crippen LogP contribution in [0, 0.1) is 5.82 Å². The molecule has 0 bridgehead atoms. The molecule has 1 aliphatic heterocycles. The van der Waals surface area contributed by atoms with E-state index in [4.69, 9.17) is 0 Å². The molecule has 0 unspecified atom stereocenters. The molecule has 4 heteroatoms. The third-order valence-corrected chi connectivity index (χ3v) is 4.14. The lowest BCUT2D eigenvalue weighted by Gasteiger charge is -2.43. The molecule has 1 fully saturated rings. The summed E-state index contributed by atoms with van der Waals surface area (Å²) >= 11 is 3.39. The summed E-state index contributed by atoms with van der Waals surface area (Å²) in [5.41, 5.74) is 2.06. The van der Waals surface area contributed by atoms with Gasteiger partial charge in [0.15, 0.2) is 0 Å². The lowest BCUT2D eigenvalue weighted by atomic mass is 9.72. The summed E-state index contributed by atoms with van der Waals surface area (Å²) in [4.78, 5) is 4.42. The minimum atomic E-state index is -0.174. The molecule has 0 radical (unpaired) electrons. The second kappa shape index (κ2) is 5.02. The topological polar surface area (TPSA) is 24.9 Å². The van der Waals surface area contributed by atoms with Crippen molar-refractivity contribution in [3.05, 3.63) is 64.1 Å². The van der Waals surface area contributed by atoms with E-state index in [1.54, 1.807) is 18.3 Å². The van der Waals surface area contributed by atoms with Crippen molar-refractivity contribution >= 4 is 15.9 Å². The summed E-state index contributed by atoms with van der Waals surface area (Å²) in [5, 5.41) is 3.29. The molecular weight excluding hydrogens is 307 g/mol. The Hall–Kier alpha value is -1.26. The van der Waals surface area contributed by atoms with Crippen LogP contribution in [-0.4, -0.2) is 18.1 Å². The molecule has 2 heterocycles. The van der Waals surface area contributed by atoms with E-state index in [1.807, 2.05) is 18.2 Å². The van der Waals surface area contributed by atoms with Crippen molar-refractivity contribution in [2.45, 2.75) is 11.8 Å². The molecule has 3 rings (SSSR count). The first-order valence-corrected chi connectivity index (χ1v) is 7.04. The number of nitrogens with zero attached hydrogens (tertiary/aromatic N) is 1. The van der Waals surface area contributed by atoms with Gasteiger partial charge in [-0.05, 0) is 45.8 Å². The fourth-order valence-electron chi connectivity index (χ4n) is 2.53. The predicted octanol–water partition coefficient (Wildman–Crippen LogP) is 3.07. The molecule has 1 N–H and O–H groups in total. The van der Waals surface area contributed by atoms with Crippen LogP contribution in [0.2, 0.25) is 0 Å². The van der Waals surface area contributed by atoms with Crippen molar-refractivity contribution in [1.29, 1.82) is 0 Å². The number of nitrogens with one attached hydrogen (secondary N) is 1. The summed E-state index contributed by atoms with van der Waals surface area (Å²) in [5.74, 6) is -0.174. The van der Waals surface area contributed by atoms with Gasteiger partial charge in [-0.15, -0.1) is 0 Å². The Morgan fingerprint density at radius 1 is 1.26 bits per heavy atom. The Balaban J connectivity index is 1.89. The zero-order valence-electron chi connectivity index (χ0n) is 10.4. The summed E-state index contributed by atoms with van der Waals surface area (Å²) < 4.78 is 14.4. The van der Waals surface area contributed by atoms with Crippen molar-refractivity contribution in [1.82, 2.24) is 10.3 Å². The average molecular weight is 321 g/mol. The number of hydrogen-bond donors (Lipinski definition) is 1. The fourth-order valence-corrected chi connectivity index (χ4v) is 2.77. The van der Waals surface area contributed by atoms with Gasteiger partial charge in [-0.3, -0.25) is 4.98 Å². The van der Waals surface area contributed by atoms with Crippen LogP contribution in [0.3, 0.4) is 0 Å². The molecule has 1 aliphatic rings. The van der Waals surface area contributed by atoms with Crippen LogP contribution >= 0.6 is 15.9 Å². The SMILES string of the molecule is Fc1cccc(C2(Cc3ccc(Br)cn3)CNC2)c1. The van der Waals surface area contributed by atoms with E-state index in [0.29, 0.717) is 0 Å². The largest absolute Gasteiger partial charge is 0.315 e. The average Bonchev–Trinajstić information content (AvgIpc) is 2.36. The van der Waals surface area contributed by atoms with Crippen LogP contribution in [0.15, 0.2) is 47.1 Å². The van der Waals surface area contributed by atoms with E-state index in [1.165, 1.54) is 6.07 Å². The third kappa shape index (κ3) is 2.55. The highest BCUT2D eigenvalue weighted by Gasteiger charge is 2.39. The van der Waals surface area contributed by atoms with Crippen molar-refractivity contribution in [2.75, 3.05) is 13.1 Å². The van der Waals surface area contributed by atoms with Gasteiger partial charge in [-0.1, -0.05) is 12.1 Å². The van der Waals surface area contributed by atoms with E-state index in [-0.39, 0.29) is 11.2 Å². The van der Waals surface area contributed by atoms with E-state index >= 15 is 0 Å². The van der Waals surface area contributed by atoms with Gasteiger partial charge < -0.3 is 5.32 Å². The number of rotatable bonds is 3. The van der Waals surface area contributed by atoms with Crippen LogP contribution < -0.4 is 5.32 Å². The first-order valence-electron chi connectivity index (χ1n) is 6.25. The zero-order chi connectivity index (χ0) is 13.3. The predicted molar refractivity (Wildman–Crippen MR) is 76.6 cm³/mol. The normalized spacial score (nSPS) is 16.9. The maximum absolute atomic E-state index is 13.4. The minimum absolute atomic E-state index is 0.0249. The molecular formula is C15H14BrFN2. The summed E-state index contributed by atoms with van der Waals surface area (Å²) in [6, 6.07) is 10.9. The summed E-state index contributed by atoms with van der Waals surface area (Å²) in [6.45, 7) is 1.74. The molecule has 1 saturated heterocycles. The molecule has 1 aromatic heterocycles. The van der Waals surface area contributed by atoms with E-state index in [2.05, 4.69) is 26.2 Å². The number of benzene rings is 1. The van der Waals surface area contributed by atoms with Crippen molar-refractivity contribution in [3.63, 3.8) is 0 Å². The number of halogens is 2. The summed E-state index contributed by atoms with van der Waals surface area (Å²) in [6.07, 6.45) is 2.64. The lowest BCUT2D eigenvalue weighted by Crippen LogP contribution is -2.58. The highest BCUT2D eigenvalue weighted by molar-refractivity contribution is 9.10. The Morgan fingerprint density at radius 3 is 2.68 bits per heavy atom. The van der Waals surface area contributed by atoms with Crippen molar-refractivity contribution in [3.8, 4) is 0 Å². The summed E-state index contributed by atoms with van der Waals surface area (Å²) in [7, 11) is 0. The first kappa shape index (κ1) is 12.8. The quantitative estimate of drug-likeness (QED) is 0.940. The molecule has 0 saturated carbocycles. The highest BCUT2D eigenvalue weighted by Crippen LogP contribution is 2.32. The molecule has 0 amide bonds. The van der Waals surface area contributed by atoms with Crippen LogP contribution in [-0.2, 0) is 11.8 Å². The van der Waals surface area contributed by atoms with Crippen molar-refractivity contribution < 1.29 is 4.39 Å². The number of aromatic nitrogens is 1. The van der Waals surface area contributed by atoms with Crippen LogP contribution in [0.25, 0.3) is 0 Å². The maximum atomic E-state index is 13.4. The molecule has 1 aromatic carbocycles. The van der Waals surface area contributed by atoms with Gasteiger partial charge >= 0.3 is 0 Å². The van der Waals surface area contributed by atoms with Crippen LogP contribution in [0.5, 0.6) is 0 Å². The first-order chi connectivity index (χ1) is 9.18. The Morgan fingerprint density at radius 2 is 2.11 bits per heavy atom. The van der Waals surface area contributed by atoms with E-state index in [0.717, 1.165) is 35.2 Å². The van der Waals surface area contributed by atoms with E-state index < -0.39 is 0 Å². The van der Waals surface area contributed by atoms with Crippen LogP contribution in [0.1, 0.15) is 11.3 Å². The Kier molecular flexibility index (Phi) is 3.37. The van der Waals surface area contributed by atoms with Gasteiger partial charge in [-0.25, -0.2) is 4.39 Å². The van der Waals surface area contributed by atoms with Gasteiger partial charge in [0.05, 0.1) is 0 Å². The smallest absolute Gasteiger partial charge is 0.123 e. The van der Waals surface area contributed by atoms with Crippen molar-refractivity contribution in [2.24, 2.45) is 0 Å². The molecule has 2 aromatic rings. The van der Waals surface area contributed by atoms with Gasteiger partial charge in [0.1, 0.15) is 5.82 Å². The highest BCUT2D eigenvalue weighted by atomic mass is 79.9. The molecule has 0 aliphatic carbocycles. The van der Waals surface area contributed by atoms with Gasteiger partial charge in [0.25, 0.3) is 0 Å². The van der Waals surface area contributed by atoms with Gasteiger partial charge in [0.2, 0.25) is 0 Å². The monoisotopic (exact) mass is 320 g/mol. The second-order valence-electron chi connectivity index (χ2n) is 5.04. The molecule has 0 spiro atoms. The third-order valence-electron chi connectivity index (χ3n) is 3.67. The fraction of sp³-hybridized carbons (Fsp3) is 0.267. The molecule has 0 atom stereocenters. The Bertz CT molecular complexity index is 579. The number of hydrogen-bond acceptors (Lipinski definition) is 2.